The molecule has 1 aliphatic carbocycles. The van der Waals surface area contributed by atoms with Crippen LogP contribution in [0.1, 0.15) is 47.5 Å². The fourth-order valence-corrected chi connectivity index (χ4v) is 2.78. The van der Waals surface area contributed by atoms with Crippen LogP contribution in [0.2, 0.25) is 0 Å². The van der Waals surface area contributed by atoms with Gasteiger partial charge in [0.25, 0.3) is 0 Å². The van der Waals surface area contributed by atoms with Gasteiger partial charge in [0.1, 0.15) is 0 Å². The number of carbonyl (C=O) groups is 1. The first-order valence-electron chi connectivity index (χ1n) is 7.84. The molecule has 1 fully saturated rings. The number of ether oxygens (including phenoxy) is 1. The summed E-state index contributed by atoms with van der Waals surface area (Å²) in [6.45, 7) is 13.9. The summed E-state index contributed by atoms with van der Waals surface area (Å²) in [7, 11) is 0. The topological polar surface area (TPSA) is 26.3 Å². The Morgan fingerprint density at radius 3 is 2.50 bits per heavy atom. The fourth-order valence-electron chi connectivity index (χ4n) is 2.78. The number of esters is 1. The van der Waals surface area contributed by atoms with Gasteiger partial charge in [-0.3, -0.25) is 4.79 Å². The van der Waals surface area contributed by atoms with Gasteiger partial charge in [0.15, 0.2) is 6.10 Å². The molecule has 0 aromatic heterocycles. The molecule has 0 spiro atoms. The number of carbonyl (C=O) groups excluding carboxylic acids is 1. The number of hydrogen-bond acceptors (Lipinski definition) is 2. The summed E-state index contributed by atoms with van der Waals surface area (Å²) in [5, 5.41) is 0. The monoisotopic (exact) mass is 300 g/mol. The summed E-state index contributed by atoms with van der Waals surface area (Å²) in [4.78, 5) is 12.4. The molecule has 0 N–H and O–H groups in total. The van der Waals surface area contributed by atoms with Crippen LogP contribution >= 0.6 is 0 Å². The molecule has 3 atom stereocenters. The Labute approximate surface area is 135 Å². The van der Waals surface area contributed by atoms with Crippen LogP contribution in [-0.4, -0.2) is 12.1 Å². The van der Waals surface area contributed by atoms with Crippen molar-refractivity contribution >= 4 is 5.97 Å². The quantitative estimate of drug-likeness (QED) is 0.295. The molecular weight excluding hydrogens is 272 g/mol. The smallest absolute Gasteiger partial charge is 0.311 e. The van der Waals surface area contributed by atoms with Crippen LogP contribution in [0.15, 0.2) is 36.0 Å². The first kappa shape index (κ1) is 18.3. The second-order valence-corrected chi connectivity index (χ2v) is 6.87. The third-order valence-electron chi connectivity index (χ3n) is 4.31. The maximum absolute atomic E-state index is 12.4. The van der Waals surface area contributed by atoms with E-state index in [2.05, 4.69) is 32.4 Å². The van der Waals surface area contributed by atoms with Crippen LogP contribution in [0.4, 0.5) is 0 Å². The first-order valence-corrected chi connectivity index (χ1v) is 7.84. The molecule has 0 heterocycles. The maximum Gasteiger partial charge on any atom is 0.311 e. The Bertz CT molecular complexity index is 524. The molecule has 0 aromatic carbocycles. The first-order chi connectivity index (χ1) is 10.3. The van der Waals surface area contributed by atoms with Crippen LogP contribution < -0.4 is 0 Å². The Morgan fingerprint density at radius 1 is 1.36 bits per heavy atom. The predicted octanol–water partition coefficient (Wildman–Crippen LogP) is 4.68. The zero-order valence-corrected chi connectivity index (χ0v) is 14.5. The van der Waals surface area contributed by atoms with E-state index in [1.807, 2.05) is 32.9 Å². The van der Waals surface area contributed by atoms with E-state index < -0.39 is 6.10 Å². The van der Waals surface area contributed by atoms with Crippen LogP contribution in [0.3, 0.4) is 0 Å². The lowest BCUT2D eigenvalue weighted by molar-refractivity contribution is -0.147. The average molecular weight is 300 g/mol. The second kappa shape index (κ2) is 7.49. The minimum Gasteiger partial charge on any atom is -0.444 e. The summed E-state index contributed by atoms with van der Waals surface area (Å²) in [6, 6.07) is 0. The average Bonchev–Trinajstić information content (AvgIpc) is 2.96. The lowest BCUT2D eigenvalue weighted by Gasteiger charge is -2.14. The molecule has 0 aliphatic heterocycles. The van der Waals surface area contributed by atoms with Gasteiger partial charge in [-0.25, -0.2) is 0 Å². The Kier molecular flexibility index (Phi) is 6.23. The van der Waals surface area contributed by atoms with Gasteiger partial charge in [-0.15, -0.1) is 13.0 Å². The van der Waals surface area contributed by atoms with Crippen molar-refractivity contribution in [2.75, 3.05) is 0 Å². The van der Waals surface area contributed by atoms with E-state index in [1.165, 1.54) is 5.57 Å². The highest BCUT2D eigenvalue weighted by atomic mass is 16.5. The van der Waals surface area contributed by atoms with Crippen molar-refractivity contribution in [3.05, 3.63) is 36.0 Å². The summed E-state index contributed by atoms with van der Waals surface area (Å²) in [5.41, 5.74) is 2.09. The molecule has 0 saturated heterocycles. The summed E-state index contributed by atoms with van der Waals surface area (Å²) >= 11 is 0. The molecule has 0 aromatic rings. The van der Waals surface area contributed by atoms with Crippen molar-refractivity contribution in [2.24, 2.45) is 17.3 Å². The van der Waals surface area contributed by atoms with E-state index >= 15 is 0 Å². The van der Waals surface area contributed by atoms with Gasteiger partial charge < -0.3 is 4.74 Å². The van der Waals surface area contributed by atoms with E-state index in [0.29, 0.717) is 0 Å². The SMILES string of the molecule is C#CC(OC(=O)C1C(C=C(C)C)C1(C)C)C(C)=CCCC=C. The van der Waals surface area contributed by atoms with Crippen LogP contribution in [0.5, 0.6) is 0 Å². The molecule has 0 radical (unpaired) electrons. The minimum atomic E-state index is -0.568. The molecule has 120 valence electrons. The second-order valence-electron chi connectivity index (χ2n) is 6.87. The summed E-state index contributed by atoms with van der Waals surface area (Å²) < 4.78 is 5.57. The van der Waals surface area contributed by atoms with E-state index in [4.69, 9.17) is 11.2 Å². The van der Waals surface area contributed by atoms with Crippen molar-refractivity contribution in [1.29, 1.82) is 0 Å². The maximum atomic E-state index is 12.4. The standard InChI is InChI=1S/C20H28O2/c1-8-10-11-12-15(5)17(9-2)22-19(21)18-16(13-14(3)4)20(18,6)7/h2,8,12-13,16-18H,1,10-11H2,3-7H3. The van der Waals surface area contributed by atoms with Crippen LogP contribution in [-0.2, 0) is 9.53 Å². The number of terminal acetylenes is 1. The van der Waals surface area contributed by atoms with Crippen molar-refractivity contribution in [2.45, 2.75) is 53.6 Å². The zero-order chi connectivity index (χ0) is 16.9. The minimum absolute atomic E-state index is 0.0477. The lowest BCUT2D eigenvalue weighted by atomic mass is 10.1. The van der Waals surface area contributed by atoms with Gasteiger partial charge in [0.05, 0.1) is 5.92 Å². The third-order valence-corrected chi connectivity index (χ3v) is 4.31. The molecule has 2 nitrogen and oxygen atoms in total. The van der Waals surface area contributed by atoms with Crippen LogP contribution in [0, 0.1) is 29.6 Å². The van der Waals surface area contributed by atoms with Gasteiger partial charge in [0, 0.05) is 0 Å². The lowest BCUT2D eigenvalue weighted by Crippen LogP contribution is -2.20. The highest BCUT2D eigenvalue weighted by Gasteiger charge is 2.61. The van der Waals surface area contributed by atoms with Gasteiger partial charge >= 0.3 is 5.97 Å². The number of rotatable bonds is 7. The fraction of sp³-hybridized carbons (Fsp3) is 0.550. The van der Waals surface area contributed by atoms with Crippen molar-refractivity contribution in [3.8, 4) is 12.3 Å². The molecule has 3 unspecified atom stereocenters. The highest BCUT2D eigenvalue weighted by molar-refractivity contribution is 5.79. The summed E-state index contributed by atoms with van der Waals surface area (Å²) in [5.74, 6) is 2.53. The molecular formula is C20H28O2. The molecule has 1 rings (SSSR count). The molecule has 0 bridgehead atoms. The Morgan fingerprint density at radius 2 is 2.00 bits per heavy atom. The molecule has 1 aliphatic rings. The van der Waals surface area contributed by atoms with E-state index in [-0.39, 0.29) is 23.2 Å². The van der Waals surface area contributed by atoms with Gasteiger partial charge in [-0.2, -0.15) is 0 Å². The molecule has 2 heteroatoms. The van der Waals surface area contributed by atoms with E-state index in [1.54, 1.807) is 0 Å². The third kappa shape index (κ3) is 4.37. The largest absolute Gasteiger partial charge is 0.444 e. The number of allylic oxidation sites excluding steroid dienone is 4. The number of hydrogen-bond donors (Lipinski definition) is 0. The van der Waals surface area contributed by atoms with Crippen molar-refractivity contribution in [3.63, 3.8) is 0 Å². The predicted molar refractivity (Wildman–Crippen MR) is 92.1 cm³/mol. The zero-order valence-electron chi connectivity index (χ0n) is 14.5. The molecule has 1 saturated carbocycles. The van der Waals surface area contributed by atoms with Crippen molar-refractivity contribution < 1.29 is 9.53 Å². The Balaban J connectivity index is 2.71. The highest BCUT2D eigenvalue weighted by Crippen LogP contribution is 2.59. The van der Waals surface area contributed by atoms with Gasteiger partial charge in [-0.1, -0.05) is 43.6 Å². The number of unbranched alkanes of at least 4 members (excludes halogenated alkanes) is 1. The van der Waals surface area contributed by atoms with E-state index in [9.17, 15) is 4.79 Å². The normalized spacial score (nSPS) is 23.9. The van der Waals surface area contributed by atoms with E-state index in [0.717, 1.165) is 18.4 Å². The van der Waals surface area contributed by atoms with Gasteiger partial charge in [0.2, 0.25) is 0 Å². The van der Waals surface area contributed by atoms with Crippen LogP contribution in [0.25, 0.3) is 0 Å². The Hall–Kier alpha value is -1.75. The summed E-state index contributed by atoms with van der Waals surface area (Å²) in [6.07, 6.45) is 12.7. The van der Waals surface area contributed by atoms with Gasteiger partial charge in [-0.05, 0) is 50.5 Å². The molecule has 22 heavy (non-hydrogen) atoms. The molecule has 0 amide bonds. The van der Waals surface area contributed by atoms with Crippen molar-refractivity contribution in [1.82, 2.24) is 0 Å².